The third-order valence-electron chi connectivity index (χ3n) is 6.27. The summed E-state index contributed by atoms with van der Waals surface area (Å²) in [4.78, 5) is 40.1. The van der Waals surface area contributed by atoms with Crippen LogP contribution in [0.25, 0.3) is 11.1 Å². The normalized spacial score (nSPS) is 17.1. The lowest BCUT2D eigenvalue weighted by Gasteiger charge is -2.30. The van der Waals surface area contributed by atoms with Crippen LogP contribution in [0.2, 0.25) is 0 Å². The highest BCUT2D eigenvalue weighted by molar-refractivity contribution is 5.96. The summed E-state index contributed by atoms with van der Waals surface area (Å²) >= 11 is 0. The second-order valence-corrected chi connectivity index (χ2v) is 10.5. The average molecular weight is 534 g/mol. The van der Waals surface area contributed by atoms with Gasteiger partial charge >= 0.3 is 6.09 Å². The zero-order valence-electron chi connectivity index (χ0n) is 22.2. The zero-order chi connectivity index (χ0) is 28.0. The van der Waals surface area contributed by atoms with Gasteiger partial charge in [0.1, 0.15) is 29.0 Å². The Bertz CT molecular complexity index is 1330. The Balaban J connectivity index is 1.40. The standard InChI is InChI=1S/C30H32FN3O5/c1-30(2,3)39-29(37)34-24-13-11-23(12-14-24)33-27(36)26-16-22(31)17-32-28(26)38-25-6-4-5-21(15-25)20-9-7-19(18-35)8-10-20/h4-10,15-18,23-24H,11-14H2,1-3H3,(H,33,36)(H,34,37). The number of aldehydes is 1. The first-order valence-electron chi connectivity index (χ1n) is 12.9. The van der Waals surface area contributed by atoms with E-state index in [4.69, 9.17) is 9.47 Å². The molecule has 2 aromatic carbocycles. The SMILES string of the molecule is CC(C)(C)OC(=O)NC1CCC(NC(=O)c2cc(F)cnc2Oc2cccc(-c3ccc(C=O)cc3)c2)CC1. The van der Waals surface area contributed by atoms with Crippen molar-refractivity contribution in [2.45, 2.75) is 64.1 Å². The zero-order valence-corrected chi connectivity index (χ0v) is 22.2. The molecular formula is C30H32FN3O5. The van der Waals surface area contributed by atoms with Crippen LogP contribution in [-0.4, -0.2) is 41.0 Å². The molecule has 8 nitrogen and oxygen atoms in total. The highest BCUT2D eigenvalue weighted by Crippen LogP contribution is 2.29. The molecule has 1 aliphatic carbocycles. The quantitative estimate of drug-likeness (QED) is 0.358. The molecule has 204 valence electrons. The Morgan fingerprint density at radius 3 is 2.26 bits per heavy atom. The van der Waals surface area contributed by atoms with Crippen LogP contribution >= 0.6 is 0 Å². The molecule has 0 spiro atoms. The number of hydrogen-bond donors (Lipinski definition) is 2. The van der Waals surface area contributed by atoms with Crippen molar-refractivity contribution in [1.29, 1.82) is 0 Å². The van der Waals surface area contributed by atoms with Gasteiger partial charge in [-0.1, -0.05) is 36.4 Å². The van der Waals surface area contributed by atoms with E-state index < -0.39 is 23.4 Å². The number of hydrogen-bond acceptors (Lipinski definition) is 6. The number of nitrogens with zero attached hydrogens (tertiary/aromatic N) is 1. The van der Waals surface area contributed by atoms with Crippen molar-refractivity contribution in [3.05, 3.63) is 77.7 Å². The van der Waals surface area contributed by atoms with E-state index in [1.165, 1.54) is 0 Å². The largest absolute Gasteiger partial charge is 0.444 e. The van der Waals surface area contributed by atoms with Gasteiger partial charge in [-0.25, -0.2) is 14.2 Å². The number of pyridine rings is 1. The Kier molecular flexibility index (Phi) is 8.59. The fraction of sp³-hybridized carbons (Fsp3) is 0.333. The Labute approximate surface area is 226 Å². The van der Waals surface area contributed by atoms with Gasteiger partial charge in [-0.15, -0.1) is 0 Å². The van der Waals surface area contributed by atoms with Crippen LogP contribution in [0.15, 0.2) is 60.8 Å². The molecule has 0 radical (unpaired) electrons. The molecule has 1 fully saturated rings. The molecule has 0 aliphatic heterocycles. The fourth-order valence-electron chi connectivity index (χ4n) is 4.40. The van der Waals surface area contributed by atoms with Crippen LogP contribution in [0, 0.1) is 5.82 Å². The monoisotopic (exact) mass is 533 g/mol. The molecule has 0 atom stereocenters. The number of nitrogens with one attached hydrogen (secondary N) is 2. The van der Waals surface area contributed by atoms with E-state index in [9.17, 15) is 18.8 Å². The molecule has 4 rings (SSSR count). The molecule has 3 aromatic rings. The molecule has 0 bridgehead atoms. The molecule has 39 heavy (non-hydrogen) atoms. The number of carbonyl (C=O) groups excluding carboxylic acids is 3. The van der Waals surface area contributed by atoms with Gasteiger partial charge in [0.05, 0.1) is 6.20 Å². The summed E-state index contributed by atoms with van der Waals surface area (Å²) in [7, 11) is 0. The maximum absolute atomic E-state index is 14.1. The number of carbonyl (C=O) groups is 3. The van der Waals surface area contributed by atoms with Crippen LogP contribution in [0.4, 0.5) is 9.18 Å². The van der Waals surface area contributed by atoms with Gasteiger partial charge in [0.15, 0.2) is 0 Å². The van der Waals surface area contributed by atoms with Gasteiger partial charge in [-0.2, -0.15) is 0 Å². The van der Waals surface area contributed by atoms with Crippen molar-refractivity contribution in [3.8, 4) is 22.8 Å². The predicted octanol–water partition coefficient (Wildman–Crippen LogP) is 6.06. The van der Waals surface area contributed by atoms with Crippen molar-refractivity contribution >= 4 is 18.3 Å². The van der Waals surface area contributed by atoms with Crippen molar-refractivity contribution in [1.82, 2.24) is 15.6 Å². The summed E-state index contributed by atoms with van der Waals surface area (Å²) in [5.41, 5.74) is 1.72. The molecule has 1 aliphatic rings. The lowest BCUT2D eigenvalue weighted by Crippen LogP contribution is -2.45. The number of halogens is 1. The summed E-state index contributed by atoms with van der Waals surface area (Å²) in [5.74, 6) is -0.723. The smallest absolute Gasteiger partial charge is 0.407 e. The van der Waals surface area contributed by atoms with Crippen molar-refractivity contribution in [2.75, 3.05) is 0 Å². The van der Waals surface area contributed by atoms with Crippen molar-refractivity contribution in [2.24, 2.45) is 0 Å². The minimum absolute atomic E-state index is 0.00950. The topological polar surface area (TPSA) is 107 Å². The summed E-state index contributed by atoms with van der Waals surface area (Å²) in [6.07, 6.45) is 3.98. The molecule has 1 saturated carbocycles. The Hall–Kier alpha value is -4.27. The summed E-state index contributed by atoms with van der Waals surface area (Å²) in [6.45, 7) is 5.43. The van der Waals surface area contributed by atoms with Gasteiger partial charge in [0, 0.05) is 17.6 Å². The molecule has 0 saturated heterocycles. The first-order valence-corrected chi connectivity index (χ1v) is 12.9. The first-order chi connectivity index (χ1) is 18.6. The summed E-state index contributed by atoms with van der Waals surface area (Å²) < 4.78 is 25.3. The van der Waals surface area contributed by atoms with Gasteiger partial charge in [0.2, 0.25) is 5.88 Å². The van der Waals surface area contributed by atoms with Crippen LogP contribution < -0.4 is 15.4 Å². The van der Waals surface area contributed by atoms with E-state index in [-0.39, 0.29) is 23.5 Å². The molecular weight excluding hydrogens is 501 g/mol. The summed E-state index contributed by atoms with van der Waals surface area (Å²) in [6, 6.07) is 15.2. The minimum atomic E-state index is -0.651. The molecule has 2 N–H and O–H groups in total. The average Bonchev–Trinajstić information content (AvgIpc) is 2.90. The van der Waals surface area contributed by atoms with E-state index in [1.807, 2.05) is 39.0 Å². The van der Waals surface area contributed by atoms with Gasteiger partial charge < -0.3 is 20.1 Å². The third kappa shape index (κ3) is 7.86. The maximum Gasteiger partial charge on any atom is 0.407 e. The lowest BCUT2D eigenvalue weighted by atomic mass is 9.91. The highest BCUT2D eigenvalue weighted by atomic mass is 19.1. The van der Waals surface area contributed by atoms with Crippen molar-refractivity contribution < 1.29 is 28.2 Å². The second-order valence-electron chi connectivity index (χ2n) is 10.5. The van der Waals surface area contributed by atoms with Gasteiger partial charge in [-0.05, 0) is 75.8 Å². The van der Waals surface area contributed by atoms with E-state index in [0.29, 0.717) is 37.0 Å². The van der Waals surface area contributed by atoms with E-state index >= 15 is 0 Å². The molecule has 9 heteroatoms. The lowest BCUT2D eigenvalue weighted by molar-refractivity contribution is 0.0487. The number of aromatic nitrogens is 1. The Morgan fingerprint density at radius 1 is 0.949 bits per heavy atom. The number of benzene rings is 2. The molecule has 1 aromatic heterocycles. The second kappa shape index (κ2) is 12.1. The van der Waals surface area contributed by atoms with Crippen LogP contribution in [-0.2, 0) is 4.74 Å². The fourth-order valence-corrected chi connectivity index (χ4v) is 4.40. The molecule has 2 amide bonds. The van der Waals surface area contributed by atoms with E-state index in [0.717, 1.165) is 29.7 Å². The van der Waals surface area contributed by atoms with E-state index in [2.05, 4.69) is 15.6 Å². The maximum atomic E-state index is 14.1. The predicted molar refractivity (Wildman–Crippen MR) is 144 cm³/mol. The van der Waals surface area contributed by atoms with Gasteiger partial charge in [0.25, 0.3) is 5.91 Å². The number of rotatable bonds is 7. The third-order valence-corrected chi connectivity index (χ3v) is 6.27. The molecule has 1 heterocycles. The van der Waals surface area contributed by atoms with Crippen molar-refractivity contribution in [3.63, 3.8) is 0 Å². The highest BCUT2D eigenvalue weighted by Gasteiger charge is 2.27. The molecule has 0 unspecified atom stereocenters. The minimum Gasteiger partial charge on any atom is -0.444 e. The van der Waals surface area contributed by atoms with E-state index in [1.54, 1.807) is 30.3 Å². The van der Waals surface area contributed by atoms with Crippen LogP contribution in [0.3, 0.4) is 0 Å². The Morgan fingerprint density at radius 2 is 1.62 bits per heavy atom. The van der Waals surface area contributed by atoms with Crippen LogP contribution in [0.1, 0.15) is 67.2 Å². The van der Waals surface area contributed by atoms with Gasteiger partial charge in [-0.3, -0.25) is 9.59 Å². The number of ether oxygens (including phenoxy) is 2. The first kappa shape index (κ1) is 27.8. The number of alkyl carbamates (subject to hydrolysis) is 1. The summed E-state index contributed by atoms with van der Waals surface area (Å²) in [5, 5.41) is 5.83. The number of amides is 2. The van der Waals surface area contributed by atoms with Crippen LogP contribution in [0.5, 0.6) is 11.6 Å².